The van der Waals surface area contributed by atoms with Gasteiger partial charge in [-0.1, -0.05) is 18.2 Å². The van der Waals surface area contributed by atoms with Gasteiger partial charge in [0, 0.05) is 16.6 Å². The second-order valence-electron chi connectivity index (χ2n) is 8.08. The van der Waals surface area contributed by atoms with Crippen LogP contribution in [0.1, 0.15) is 30.0 Å². The summed E-state index contributed by atoms with van der Waals surface area (Å²) in [6, 6.07) is 18.2. The summed E-state index contributed by atoms with van der Waals surface area (Å²) in [7, 11) is 1.58. The molecule has 0 aromatic heterocycles. The van der Waals surface area contributed by atoms with Gasteiger partial charge >= 0.3 is 0 Å². The number of anilines is 2. The second-order valence-corrected chi connectivity index (χ2v) is 8.93. The summed E-state index contributed by atoms with van der Waals surface area (Å²) in [5.74, 6) is -0.514. The minimum Gasteiger partial charge on any atom is -0.497 e. The fraction of sp³-hybridized carbons (Fsp3) is 0.231. The maximum absolute atomic E-state index is 13.7. The average Bonchev–Trinajstić information content (AvgIpc) is 2.81. The molecule has 0 bridgehead atoms. The number of ether oxygens (including phenoxy) is 1. The average molecular weight is 511 g/mol. The van der Waals surface area contributed by atoms with Gasteiger partial charge in [0.2, 0.25) is 11.8 Å². The Kier molecular flexibility index (Phi) is 6.79. The van der Waals surface area contributed by atoms with Crippen LogP contribution < -0.4 is 15.0 Å². The molecule has 1 N–H and O–H groups in total. The largest absolute Gasteiger partial charge is 0.497 e. The van der Waals surface area contributed by atoms with Crippen molar-refractivity contribution in [1.29, 1.82) is 0 Å². The normalized spacial score (nSPS) is 18.2. The monoisotopic (exact) mass is 510 g/mol. The van der Waals surface area contributed by atoms with E-state index in [9.17, 15) is 14.0 Å². The van der Waals surface area contributed by atoms with Crippen LogP contribution in [0.15, 0.2) is 71.2 Å². The molecular weight excluding hydrogens is 487 g/mol. The maximum Gasteiger partial charge on any atom is 0.229 e. The number of benzene rings is 3. The van der Waals surface area contributed by atoms with E-state index >= 15 is 0 Å². The van der Waals surface area contributed by atoms with Crippen LogP contribution in [-0.2, 0) is 9.59 Å². The van der Waals surface area contributed by atoms with E-state index in [4.69, 9.17) is 4.74 Å². The molecule has 2 atom stereocenters. The molecule has 2 amide bonds. The Balaban J connectivity index is 1.73. The Morgan fingerprint density at radius 3 is 2.42 bits per heavy atom. The van der Waals surface area contributed by atoms with Gasteiger partial charge in [0.15, 0.2) is 0 Å². The van der Waals surface area contributed by atoms with E-state index in [1.165, 1.54) is 12.1 Å². The Bertz CT molecular complexity index is 1170. The fourth-order valence-corrected chi connectivity index (χ4v) is 4.79. The molecule has 1 heterocycles. The minimum atomic E-state index is -0.579. The van der Waals surface area contributed by atoms with E-state index in [2.05, 4.69) is 21.2 Å². The van der Waals surface area contributed by atoms with E-state index in [1.807, 2.05) is 25.1 Å². The number of nitrogens with zero attached hydrogens (tertiary/aromatic N) is 1. The lowest BCUT2D eigenvalue weighted by Gasteiger charge is -2.41. The third-order valence-electron chi connectivity index (χ3n) is 5.88. The van der Waals surface area contributed by atoms with Crippen LogP contribution in [0.25, 0.3) is 0 Å². The third kappa shape index (κ3) is 4.93. The van der Waals surface area contributed by atoms with Crippen LogP contribution in [0.5, 0.6) is 5.75 Å². The number of methoxy groups -OCH3 is 1. The number of rotatable bonds is 5. The van der Waals surface area contributed by atoms with Crippen LogP contribution in [0, 0.1) is 18.7 Å². The summed E-state index contributed by atoms with van der Waals surface area (Å²) in [6.45, 7) is 1.97. The van der Waals surface area contributed by atoms with Gasteiger partial charge < -0.3 is 15.0 Å². The summed E-state index contributed by atoms with van der Waals surface area (Å²) in [6.07, 6.45) is 0.625. The third-order valence-corrected chi connectivity index (χ3v) is 6.53. The van der Waals surface area contributed by atoms with E-state index < -0.39 is 12.0 Å². The van der Waals surface area contributed by atoms with E-state index in [0.717, 1.165) is 10.0 Å². The van der Waals surface area contributed by atoms with Crippen molar-refractivity contribution in [3.05, 3.63) is 88.1 Å². The van der Waals surface area contributed by atoms with Gasteiger partial charge in [0.1, 0.15) is 11.6 Å². The van der Waals surface area contributed by atoms with Gasteiger partial charge in [-0.2, -0.15) is 0 Å². The first-order valence-corrected chi connectivity index (χ1v) is 11.5. The quantitative estimate of drug-likeness (QED) is 0.455. The summed E-state index contributed by atoms with van der Waals surface area (Å²) in [5.41, 5.74) is 3.09. The van der Waals surface area contributed by atoms with E-state index in [1.54, 1.807) is 48.4 Å². The summed E-state index contributed by atoms with van der Waals surface area (Å²) in [5, 5.41) is 3.01. The lowest BCUT2D eigenvalue weighted by molar-refractivity contribution is -0.125. The van der Waals surface area contributed by atoms with Gasteiger partial charge in [-0.25, -0.2) is 4.39 Å². The highest BCUT2D eigenvalue weighted by molar-refractivity contribution is 9.10. The number of carbonyl (C=O) groups is 2. The number of halogens is 2. The fourth-order valence-electron chi connectivity index (χ4n) is 4.20. The Morgan fingerprint density at radius 1 is 1.09 bits per heavy atom. The van der Waals surface area contributed by atoms with E-state index in [0.29, 0.717) is 29.1 Å². The molecule has 1 fully saturated rings. The lowest BCUT2D eigenvalue weighted by Crippen LogP contribution is -2.47. The van der Waals surface area contributed by atoms with Crippen molar-refractivity contribution in [2.75, 3.05) is 17.3 Å². The van der Waals surface area contributed by atoms with Crippen LogP contribution in [0.2, 0.25) is 0 Å². The molecule has 0 unspecified atom stereocenters. The summed E-state index contributed by atoms with van der Waals surface area (Å²) < 4.78 is 19.7. The molecule has 1 aliphatic heterocycles. The number of amides is 2. The molecular formula is C26H24BrFN2O3. The number of hydrogen-bond donors (Lipinski definition) is 1. The molecule has 5 nitrogen and oxygen atoms in total. The Morgan fingerprint density at radius 2 is 1.79 bits per heavy atom. The Hall–Kier alpha value is -3.19. The molecule has 1 saturated heterocycles. The first-order chi connectivity index (χ1) is 15.9. The topological polar surface area (TPSA) is 58.6 Å². The summed E-state index contributed by atoms with van der Waals surface area (Å²) >= 11 is 3.51. The predicted molar refractivity (Wildman–Crippen MR) is 130 cm³/mol. The predicted octanol–water partition coefficient (Wildman–Crippen LogP) is 6.03. The molecule has 0 spiro atoms. The van der Waals surface area contributed by atoms with Crippen molar-refractivity contribution in [1.82, 2.24) is 0 Å². The molecule has 3 aromatic carbocycles. The molecule has 0 aliphatic carbocycles. The zero-order valence-corrected chi connectivity index (χ0v) is 19.9. The second kappa shape index (κ2) is 9.75. The molecule has 7 heteroatoms. The van der Waals surface area contributed by atoms with Crippen LogP contribution in [-0.4, -0.2) is 18.9 Å². The molecule has 0 radical (unpaired) electrons. The van der Waals surface area contributed by atoms with E-state index in [-0.39, 0.29) is 24.1 Å². The number of carbonyl (C=O) groups excluding carboxylic acids is 2. The van der Waals surface area contributed by atoms with Gasteiger partial charge in [0.25, 0.3) is 0 Å². The van der Waals surface area contributed by atoms with Gasteiger partial charge in [0.05, 0.1) is 24.8 Å². The minimum absolute atomic E-state index is 0.0879. The highest BCUT2D eigenvalue weighted by atomic mass is 79.9. The molecule has 3 aromatic rings. The van der Waals surface area contributed by atoms with Crippen molar-refractivity contribution in [2.45, 2.75) is 25.8 Å². The Labute approximate surface area is 200 Å². The molecule has 170 valence electrons. The highest BCUT2D eigenvalue weighted by Crippen LogP contribution is 2.41. The van der Waals surface area contributed by atoms with Crippen molar-refractivity contribution in [3.63, 3.8) is 0 Å². The first-order valence-electron chi connectivity index (χ1n) is 10.7. The van der Waals surface area contributed by atoms with Crippen LogP contribution >= 0.6 is 15.9 Å². The van der Waals surface area contributed by atoms with Crippen molar-refractivity contribution < 1.29 is 18.7 Å². The molecule has 4 rings (SSSR count). The number of piperidine rings is 1. The van der Waals surface area contributed by atoms with Gasteiger partial charge in [-0.15, -0.1) is 0 Å². The highest BCUT2D eigenvalue weighted by Gasteiger charge is 2.41. The van der Waals surface area contributed by atoms with Crippen molar-refractivity contribution in [3.8, 4) is 5.75 Å². The molecule has 1 aliphatic rings. The van der Waals surface area contributed by atoms with Crippen LogP contribution in [0.3, 0.4) is 0 Å². The van der Waals surface area contributed by atoms with Crippen molar-refractivity contribution in [2.24, 2.45) is 5.92 Å². The standard InChI is InChI=1S/C26H24BrFN2O3/c1-16-3-13-23(22(27)15-16)29-26(32)21-12-14-24(31)30(19-8-10-20(33-2)11-9-19)25(21)17-4-6-18(28)7-5-17/h3-11,13,15,21,25H,12,14H2,1-2H3,(H,29,32)/t21-,25-/m1/s1. The lowest BCUT2D eigenvalue weighted by atomic mass is 9.83. The SMILES string of the molecule is COc1ccc(N2C(=O)CC[C@@H](C(=O)Nc3ccc(C)cc3Br)[C@H]2c2ccc(F)cc2)cc1. The molecule has 33 heavy (non-hydrogen) atoms. The van der Waals surface area contributed by atoms with Gasteiger partial charge in [-0.05, 0) is 88.9 Å². The summed E-state index contributed by atoms with van der Waals surface area (Å²) in [4.78, 5) is 28.2. The van der Waals surface area contributed by atoms with Crippen molar-refractivity contribution >= 4 is 39.1 Å². The zero-order valence-electron chi connectivity index (χ0n) is 18.3. The zero-order chi connectivity index (χ0) is 23.5. The van der Waals surface area contributed by atoms with Crippen LogP contribution in [0.4, 0.5) is 15.8 Å². The smallest absolute Gasteiger partial charge is 0.229 e. The first kappa shape index (κ1) is 23.0. The number of nitrogens with one attached hydrogen (secondary N) is 1. The maximum atomic E-state index is 13.7. The molecule has 0 saturated carbocycles. The number of hydrogen-bond acceptors (Lipinski definition) is 3. The number of aryl methyl sites for hydroxylation is 1. The van der Waals surface area contributed by atoms with Gasteiger partial charge in [-0.3, -0.25) is 9.59 Å².